The summed E-state index contributed by atoms with van der Waals surface area (Å²) in [5.74, 6) is 0. The first kappa shape index (κ1) is 12.8. The van der Waals surface area contributed by atoms with E-state index in [0.29, 0.717) is 6.61 Å². The minimum absolute atomic E-state index is 0.0650. The number of nitrogens with two attached hydrogens (primary N) is 1. The van der Waals surface area contributed by atoms with Gasteiger partial charge in [-0.15, -0.1) is 0 Å². The SMILES string of the molecule is Nc1cc(COC2CCOCC2)ccc1[N+](=O)[O-]. The van der Waals surface area contributed by atoms with E-state index in [1.807, 2.05) is 0 Å². The molecule has 0 aliphatic carbocycles. The van der Waals surface area contributed by atoms with E-state index >= 15 is 0 Å². The maximum Gasteiger partial charge on any atom is 0.292 e. The molecule has 0 unspecified atom stereocenters. The van der Waals surface area contributed by atoms with Gasteiger partial charge in [0, 0.05) is 19.3 Å². The molecule has 0 aromatic heterocycles. The number of hydrogen-bond donors (Lipinski definition) is 1. The molecule has 0 atom stereocenters. The number of anilines is 1. The molecule has 1 aliphatic heterocycles. The number of hydrogen-bond acceptors (Lipinski definition) is 5. The van der Waals surface area contributed by atoms with Crippen molar-refractivity contribution < 1.29 is 14.4 Å². The van der Waals surface area contributed by atoms with Gasteiger partial charge in [0.2, 0.25) is 0 Å². The second kappa shape index (κ2) is 5.79. The summed E-state index contributed by atoms with van der Waals surface area (Å²) in [5, 5.41) is 10.6. The number of rotatable bonds is 4. The zero-order valence-corrected chi connectivity index (χ0v) is 10.0. The highest BCUT2D eigenvalue weighted by Gasteiger charge is 2.15. The summed E-state index contributed by atoms with van der Waals surface area (Å²) in [5.41, 5.74) is 6.57. The van der Waals surface area contributed by atoms with Crippen molar-refractivity contribution in [3.63, 3.8) is 0 Å². The Balaban J connectivity index is 1.93. The molecule has 1 aromatic carbocycles. The Morgan fingerprint density at radius 2 is 2.17 bits per heavy atom. The van der Waals surface area contributed by atoms with E-state index in [0.717, 1.165) is 31.6 Å². The van der Waals surface area contributed by atoms with Gasteiger partial charge < -0.3 is 15.2 Å². The van der Waals surface area contributed by atoms with Gasteiger partial charge >= 0.3 is 0 Å². The summed E-state index contributed by atoms with van der Waals surface area (Å²) >= 11 is 0. The largest absolute Gasteiger partial charge is 0.393 e. The monoisotopic (exact) mass is 252 g/mol. The van der Waals surface area contributed by atoms with Gasteiger partial charge in [-0.3, -0.25) is 10.1 Å². The molecule has 0 spiro atoms. The lowest BCUT2D eigenvalue weighted by molar-refractivity contribution is -0.383. The van der Waals surface area contributed by atoms with Gasteiger partial charge in [0.1, 0.15) is 5.69 Å². The third-order valence-electron chi connectivity index (χ3n) is 2.94. The van der Waals surface area contributed by atoms with Gasteiger partial charge in [-0.1, -0.05) is 0 Å². The van der Waals surface area contributed by atoms with Crippen molar-refractivity contribution >= 4 is 11.4 Å². The minimum Gasteiger partial charge on any atom is -0.393 e. The molecule has 2 N–H and O–H groups in total. The van der Waals surface area contributed by atoms with Crippen LogP contribution in [-0.4, -0.2) is 24.2 Å². The van der Waals surface area contributed by atoms with E-state index in [1.165, 1.54) is 6.07 Å². The Morgan fingerprint density at radius 1 is 1.44 bits per heavy atom. The first-order valence-corrected chi connectivity index (χ1v) is 5.89. The maximum atomic E-state index is 10.6. The van der Waals surface area contributed by atoms with E-state index < -0.39 is 4.92 Å². The minimum atomic E-state index is -0.488. The molecule has 1 fully saturated rings. The summed E-state index contributed by atoms with van der Waals surface area (Å²) in [6.45, 7) is 1.88. The molecule has 1 heterocycles. The van der Waals surface area contributed by atoms with Crippen molar-refractivity contribution in [1.29, 1.82) is 0 Å². The Bertz CT molecular complexity index is 430. The van der Waals surface area contributed by atoms with Crippen molar-refractivity contribution in [3.8, 4) is 0 Å². The van der Waals surface area contributed by atoms with E-state index in [4.69, 9.17) is 15.2 Å². The molecule has 0 radical (unpaired) electrons. The van der Waals surface area contributed by atoms with Crippen LogP contribution in [0.4, 0.5) is 11.4 Å². The average molecular weight is 252 g/mol. The van der Waals surface area contributed by atoms with Crippen molar-refractivity contribution in [3.05, 3.63) is 33.9 Å². The topological polar surface area (TPSA) is 87.6 Å². The smallest absolute Gasteiger partial charge is 0.292 e. The van der Waals surface area contributed by atoms with Crippen LogP contribution in [0.15, 0.2) is 18.2 Å². The number of nitro benzene ring substituents is 1. The van der Waals surface area contributed by atoms with Crippen molar-refractivity contribution in [2.24, 2.45) is 0 Å². The molecule has 0 saturated carbocycles. The van der Waals surface area contributed by atoms with Crippen LogP contribution in [0.2, 0.25) is 0 Å². The van der Waals surface area contributed by atoms with Crippen molar-refractivity contribution in [1.82, 2.24) is 0 Å². The molecular formula is C12H16N2O4. The van der Waals surface area contributed by atoms with E-state index in [9.17, 15) is 10.1 Å². The standard InChI is InChI=1S/C12H16N2O4/c13-11-7-9(1-2-12(11)14(15)16)8-18-10-3-5-17-6-4-10/h1-2,7,10H,3-6,8,13H2. The molecule has 1 aromatic rings. The van der Waals surface area contributed by atoms with Crippen molar-refractivity contribution in [2.45, 2.75) is 25.6 Å². The molecular weight excluding hydrogens is 236 g/mol. The highest BCUT2D eigenvalue weighted by molar-refractivity contribution is 5.59. The summed E-state index contributed by atoms with van der Waals surface area (Å²) < 4.78 is 11.0. The van der Waals surface area contributed by atoms with Gasteiger partial charge in [0.05, 0.1) is 17.6 Å². The van der Waals surface area contributed by atoms with Crippen LogP contribution in [0.1, 0.15) is 18.4 Å². The maximum absolute atomic E-state index is 10.6. The quantitative estimate of drug-likeness (QED) is 0.502. The number of ether oxygens (including phenoxy) is 2. The van der Waals surface area contributed by atoms with Crippen LogP contribution in [0.3, 0.4) is 0 Å². The summed E-state index contributed by atoms with van der Waals surface area (Å²) in [7, 11) is 0. The van der Waals surface area contributed by atoms with Crippen molar-refractivity contribution in [2.75, 3.05) is 18.9 Å². The van der Waals surface area contributed by atoms with Crippen LogP contribution in [-0.2, 0) is 16.1 Å². The molecule has 0 amide bonds. The molecule has 6 heteroatoms. The Labute approximate surface area is 105 Å². The highest BCUT2D eigenvalue weighted by Crippen LogP contribution is 2.23. The second-order valence-corrected chi connectivity index (χ2v) is 4.27. The van der Waals surface area contributed by atoms with E-state index in [-0.39, 0.29) is 17.5 Å². The Kier molecular flexibility index (Phi) is 4.11. The zero-order valence-electron chi connectivity index (χ0n) is 10.0. The lowest BCUT2D eigenvalue weighted by Gasteiger charge is -2.22. The highest BCUT2D eigenvalue weighted by atomic mass is 16.6. The number of nitrogen functional groups attached to an aromatic ring is 1. The fraction of sp³-hybridized carbons (Fsp3) is 0.500. The third kappa shape index (κ3) is 3.18. The van der Waals surface area contributed by atoms with Crippen LogP contribution >= 0.6 is 0 Å². The van der Waals surface area contributed by atoms with Gasteiger partial charge in [-0.2, -0.15) is 0 Å². The number of nitro groups is 1. The van der Waals surface area contributed by atoms with Gasteiger partial charge in [0.15, 0.2) is 0 Å². The molecule has 0 bridgehead atoms. The van der Waals surface area contributed by atoms with Crippen LogP contribution < -0.4 is 5.73 Å². The van der Waals surface area contributed by atoms with Gasteiger partial charge in [0.25, 0.3) is 5.69 Å². The predicted octanol–water partition coefficient (Wildman–Crippen LogP) is 1.87. The lowest BCUT2D eigenvalue weighted by Crippen LogP contribution is -2.23. The van der Waals surface area contributed by atoms with Gasteiger partial charge in [-0.25, -0.2) is 0 Å². The summed E-state index contributed by atoms with van der Waals surface area (Å²) in [6.07, 6.45) is 1.99. The van der Waals surface area contributed by atoms with E-state index in [2.05, 4.69) is 0 Å². The van der Waals surface area contributed by atoms with Crippen LogP contribution in [0.25, 0.3) is 0 Å². The first-order valence-electron chi connectivity index (χ1n) is 5.89. The molecule has 2 rings (SSSR count). The molecule has 18 heavy (non-hydrogen) atoms. The second-order valence-electron chi connectivity index (χ2n) is 4.27. The fourth-order valence-corrected chi connectivity index (χ4v) is 1.92. The zero-order chi connectivity index (χ0) is 13.0. The fourth-order valence-electron chi connectivity index (χ4n) is 1.92. The Hall–Kier alpha value is -1.66. The Morgan fingerprint density at radius 3 is 2.78 bits per heavy atom. The molecule has 98 valence electrons. The van der Waals surface area contributed by atoms with E-state index in [1.54, 1.807) is 12.1 Å². The van der Waals surface area contributed by atoms with Crippen LogP contribution in [0, 0.1) is 10.1 Å². The average Bonchev–Trinajstić information content (AvgIpc) is 2.37. The van der Waals surface area contributed by atoms with Gasteiger partial charge in [-0.05, 0) is 30.5 Å². The number of benzene rings is 1. The summed E-state index contributed by atoms with van der Waals surface area (Å²) in [6, 6.07) is 4.68. The predicted molar refractivity (Wildman–Crippen MR) is 66.1 cm³/mol. The third-order valence-corrected chi connectivity index (χ3v) is 2.94. The normalized spacial score (nSPS) is 16.7. The number of nitrogens with zero attached hydrogens (tertiary/aromatic N) is 1. The molecule has 6 nitrogen and oxygen atoms in total. The summed E-state index contributed by atoms with van der Waals surface area (Å²) in [4.78, 5) is 10.1. The molecule has 1 aliphatic rings. The molecule has 1 saturated heterocycles. The van der Waals surface area contributed by atoms with Crippen LogP contribution in [0.5, 0.6) is 0 Å². The first-order chi connectivity index (χ1) is 8.66. The lowest BCUT2D eigenvalue weighted by atomic mass is 10.1.